The number of hydrogen-bond donors (Lipinski definition) is 1. The molecule has 0 bridgehead atoms. The summed E-state index contributed by atoms with van der Waals surface area (Å²) < 4.78 is 0. The highest BCUT2D eigenvalue weighted by molar-refractivity contribution is 8.00. The third-order valence-electron chi connectivity index (χ3n) is 6.06. The number of β-lactam (4-membered cyclic amide) rings is 1. The van der Waals surface area contributed by atoms with E-state index in [0.717, 1.165) is 42.7 Å². The van der Waals surface area contributed by atoms with Gasteiger partial charge in [-0.1, -0.05) is 62.9 Å². The fraction of sp³-hybridized carbons (Fsp3) is 0.500. The minimum absolute atomic E-state index is 0.184. The number of amides is 3. The molecule has 0 spiro atoms. The van der Waals surface area contributed by atoms with Crippen LogP contribution in [0.4, 0.5) is 0 Å². The van der Waals surface area contributed by atoms with Crippen LogP contribution in [0.5, 0.6) is 0 Å². The average molecular weight is 472 g/mol. The number of fused-ring (bicyclic) bond motifs is 2. The van der Waals surface area contributed by atoms with Crippen LogP contribution in [0.15, 0.2) is 41.6 Å². The van der Waals surface area contributed by atoms with Gasteiger partial charge < -0.3 is 10.2 Å². The lowest BCUT2D eigenvalue weighted by Gasteiger charge is -2.51. The van der Waals surface area contributed by atoms with Gasteiger partial charge >= 0.3 is 5.97 Å². The molecule has 8 nitrogen and oxygen atoms in total. The lowest BCUT2D eigenvalue weighted by molar-refractivity contribution is -0.199. The van der Waals surface area contributed by atoms with Crippen molar-refractivity contribution in [2.75, 3.05) is 12.3 Å². The molecule has 4 rings (SSSR count). The first-order chi connectivity index (χ1) is 16.0. The summed E-state index contributed by atoms with van der Waals surface area (Å²) in [5.74, 6) is -0.942. The number of hydroxylamine groups is 2. The van der Waals surface area contributed by atoms with Gasteiger partial charge in [-0.05, 0) is 17.6 Å². The van der Waals surface area contributed by atoms with Crippen molar-refractivity contribution in [3.05, 3.63) is 47.2 Å². The second-order valence-corrected chi connectivity index (χ2v) is 9.65. The molecule has 0 radical (unpaired) electrons. The van der Waals surface area contributed by atoms with Crippen LogP contribution in [-0.2, 0) is 30.4 Å². The number of carbonyl (C=O) groups is 4. The van der Waals surface area contributed by atoms with Crippen molar-refractivity contribution in [2.24, 2.45) is 0 Å². The molecule has 1 unspecified atom stereocenters. The number of thioether (sulfide) groups is 1. The predicted molar refractivity (Wildman–Crippen MR) is 123 cm³/mol. The van der Waals surface area contributed by atoms with Crippen molar-refractivity contribution in [3.63, 3.8) is 0 Å². The van der Waals surface area contributed by atoms with Gasteiger partial charge in [-0.15, -0.1) is 11.8 Å². The van der Waals surface area contributed by atoms with Crippen molar-refractivity contribution in [3.8, 4) is 0 Å². The van der Waals surface area contributed by atoms with E-state index in [2.05, 4.69) is 12.2 Å². The normalized spacial score (nSPS) is 21.7. The molecule has 0 aliphatic carbocycles. The van der Waals surface area contributed by atoms with Crippen LogP contribution in [0.2, 0.25) is 0 Å². The third kappa shape index (κ3) is 5.08. The first kappa shape index (κ1) is 23.4. The van der Waals surface area contributed by atoms with Gasteiger partial charge in [-0.2, -0.15) is 5.06 Å². The summed E-state index contributed by atoms with van der Waals surface area (Å²) in [4.78, 5) is 57.1. The van der Waals surface area contributed by atoms with Gasteiger partial charge in [0.05, 0.1) is 13.0 Å². The van der Waals surface area contributed by atoms with Gasteiger partial charge in [-0.25, -0.2) is 4.79 Å². The van der Waals surface area contributed by atoms with Crippen molar-refractivity contribution in [1.29, 1.82) is 0 Å². The first-order valence-corrected chi connectivity index (χ1v) is 12.6. The Morgan fingerprint density at radius 1 is 1.12 bits per heavy atom. The summed E-state index contributed by atoms with van der Waals surface area (Å²) in [7, 11) is 0. The number of rotatable bonds is 9. The van der Waals surface area contributed by atoms with E-state index in [1.807, 2.05) is 30.3 Å². The Morgan fingerprint density at radius 2 is 1.88 bits per heavy atom. The highest BCUT2D eigenvalue weighted by Gasteiger charge is 2.55. The van der Waals surface area contributed by atoms with Gasteiger partial charge in [0, 0.05) is 12.2 Å². The van der Waals surface area contributed by atoms with E-state index in [9.17, 15) is 19.2 Å². The molecule has 1 saturated heterocycles. The van der Waals surface area contributed by atoms with Crippen molar-refractivity contribution >= 4 is 35.5 Å². The number of benzene rings is 1. The molecule has 1 aromatic carbocycles. The van der Waals surface area contributed by atoms with Crippen molar-refractivity contribution in [2.45, 2.75) is 63.3 Å². The topological polar surface area (TPSA) is 96.0 Å². The van der Waals surface area contributed by atoms with E-state index in [1.54, 1.807) is 0 Å². The minimum Gasteiger partial charge on any atom is -0.341 e. The molecule has 1 N–H and O–H groups in total. The van der Waals surface area contributed by atoms with Crippen LogP contribution in [-0.4, -0.2) is 57.4 Å². The second-order valence-electron chi connectivity index (χ2n) is 8.54. The molecule has 3 amide bonds. The first-order valence-electron chi connectivity index (χ1n) is 11.5. The number of nitrogens with one attached hydrogen (secondary N) is 1. The SMILES string of the molecule is CCCCCCCC(=O)N1CC2=C(C(=O)O1)N1C(=O)[C@@H](NC(=O)Cc3ccccc3)C1SC2. The molecule has 0 aromatic heterocycles. The van der Waals surface area contributed by atoms with E-state index in [4.69, 9.17) is 4.84 Å². The summed E-state index contributed by atoms with van der Waals surface area (Å²) in [5.41, 5.74) is 1.81. The van der Waals surface area contributed by atoms with Crippen LogP contribution in [0.1, 0.15) is 51.0 Å². The molecule has 1 aromatic rings. The Bertz CT molecular complexity index is 964. The molecule has 0 saturated carbocycles. The van der Waals surface area contributed by atoms with Gasteiger partial charge in [0.25, 0.3) is 11.8 Å². The molecule has 2 atom stereocenters. The van der Waals surface area contributed by atoms with E-state index < -0.39 is 12.0 Å². The maximum absolute atomic E-state index is 12.8. The average Bonchev–Trinajstić information content (AvgIpc) is 2.82. The van der Waals surface area contributed by atoms with Gasteiger partial charge in [0.15, 0.2) is 0 Å². The van der Waals surface area contributed by atoms with Crippen LogP contribution < -0.4 is 5.32 Å². The highest BCUT2D eigenvalue weighted by Crippen LogP contribution is 2.42. The third-order valence-corrected chi connectivity index (χ3v) is 7.40. The summed E-state index contributed by atoms with van der Waals surface area (Å²) in [6.07, 6.45) is 5.66. The Labute approximate surface area is 197 Å². The lowest BCUT2D eigenvalue weighted by Crippen LogP contribution is -2.71. The second kappa shape index (κ2) is 10.4. The molecule has 9 heteroatoms. The molecule has 3 aliphatic rings. The quantitative estimate of drug-likeness (QED) is 0.439. The fourth-order valence-electron chi connectivity index (χ4n) is 4.29. The van der Waals surface area contributed by atoms with E-state index in [1.165, 1.54) is 16.7 Å². The number of hydrogen-bond acceptors (Lipinski definition) is 6. The maximum atomic E-state index is 12.8. The molecular weight excluding hydrogens is 442 g/mol. The molecule has 1 fully saturated rings. The summed E-state index contributed by atoms with van der Waals surface area (Å²) in [6, 6.07) is 8.65. The number of carbonyl (C=O) groups excluding carboxylic acids is 4. The number of nitrogens with zero attached hydrogens (tertiary/aromatic N) is 2. The number of unbranched alkanes of at least 4 members (excludes halogenated alkanes) is 4. The Hall–Kier alpha value is -2.81. The van der Waals surface area contributed by atoms with Crippen molar-refractivity contribution in [1.82, 2.24) is 15.3 Å². The summed E-state index contributed by atoms with van der Waals surface area (Å²) in [5, 5.41) is 3.59. The Balaban J connectivity index is 1.33. The summed E-state index contributed by atoms with van der Waals surface area (Å²) in [6.45, 7) is 2.32. The maximum Gasteiger partial charge on any atom is 0.379 e. The zero-order chi connectivity index (χ0) is 23.4. The van der Waals surface area contributed by atoms with E-state index in [0.29, 0.717) is 17.7 Å². The van der Waals surface area contributed by atoms with E-state index >= 15 is 0 Å². The van der Waals surface area contributed by atoms with Gasteiger partial charge in [0.2, 0.25) is 5.91 Å². The van der Waals surface area contributed by atoms with Gasteiger partial charge in [-0.3, -0.25) is 19.3 Å². The smallest absolute Gasteiger partial charge is 0.341 e. The lowest BCUT2D eigenvalue weighted by atomic mass is 10.0. The fourth-order valence-corrected chi connectivity index (χ4v) is 5.63. The zero-order valence-electron chi connectivity index (χ0n) is 18.7. The molecule has 176 valence electrons. The predicted octanol–water partition coefficient (Wildman–Crippen LogP) is 2.54. The van der Waals surface area contributed by atoms with Crippen LogP contribution in [0, 0.1) is 0 Å². The zero-order valence-corrected chi connectivity index (χ0v) is 19.6. The molecular formula is C24H29N3O5S. The molecule has 3 heterocycles. The Morgan fingerprint density at radius 3 is 2.64 bits per heavy atom. The van der Waals surface area contributed by atoms with Crippen LogP contribution >= 0.6 is 11.8 Å². The molecule has 33 heavy (non-hydrogen) atoms. The standard InChI is InChI=1S/C24H29N3O5S/c1-2-3-4-5-9-12-19(29)26-14-17-15-33-23-20(22(30)27(23)21(17)24(31)32-26)25-18(28)13-16-10-7-6-8-11-16/h6-8,10-11,20,23H,2-5,9,12-15H2,1H3,(H,25,28)/t20-,23?/m1/s1. The molecule has 3 aliphatic heterocycles. The van der Waals surface area contributed by atoms with E-state index in [-0.39, 0.29) is 41.8 Å². The highest BCUT2D eigenvalue weighted by atomic mass is 32.2. The van der Waals surface area contributed by atoms with Crippen molar-refractivity contribution < 1.29 is 24.0 Å². The largest absolute Gasteiger partial charge is 0.379 e. The van der Waals surface area contributed by atoms with Crippen LogP contribution in [0.3, 0.4) is 0 Å². The van der Waals surface area contributed by atoms with Gasteiger partial charge in [0.1, 0.15) is 17.1 Å². The minimum atomic E-state index is -0.678. The summed E-state index contributed by atoms with van der Waals surface area (Å²) >= 11 is 1.49. The Kier molecular flexibility index (Phi) is 7.37. The van der Waals surface area contributed by atoms with Crippen LogP contribution in [0.25, 0.3) is 0 Å². The monoisotopic (exact) mass is 471 g/mol.